The van der Waals surface area contributed by atoms with Crippen LogP contribution in [0.3, 0.4) is 0 Å². The lowest BCUT2D eigenvalue weighted by atomic mass is 10.2. The van der Waals surface area contributed by atoms with Crippen LogP contribution in [-0.4, -0.2) is 63.1 Å². The van der Waals surface area contributed by atoms with E-state index in [1.54, 1.807) is 49.4 Å². The van der Waals surface area contributed by atoms with Gasteiger partial charge in [0.15, 0.2) is 18.1 Å². The lowest BCUT2D eigenvalue weighted by Crippen LogP contribution is -2.37. The maximum Gasteiger partial charge on any atom is 0.357 e. The number of carbonyl (C=O) groups is 3. The van der Waals surface area contributed by atoms with Crippen molar-refractivity contribution < 1.29 is 19.1 Å². The highest BCUT2D eigenvalue weighted by molar-refractivity contribution is 6.33. The van der Waals surface area contributed by atoms with Crippen molar-refractivity contribution in [3.05, 3.63) is 71.0 Å². The van der Waals surface area contributed by atoms with Gasteiger partial charge in [-0.05, 0) is 41.1 Å². The third-order valence-electron chi connectivity index (χ3n) is 4.45. The number of nitrogens with one attached hydrogen (secondary N) is 1. The van der Waals surface area contributed by atoms with Gasteiger partial charge in [-0.15, -0.1) is 5.10 Å². The normalized spacial score (nSPS) is 11.1. The number of ether oxygens (including phenoxy) is 1. The highest BCUT2D eigenvalue weighted by atomic mass is 35.5. The van der Waals surface area contributed by atoms with E-state index in [4.69, 9.17) is 16.3 Å². The van der Waals surface area contributed by atoms with Crippen molar-refractivity contribution in [1.29, 1.82) is 0 Å². The molecule has 2 aromatic carbocycles. The fraction of sp³-hybridized carbons (Fsp3) is 0.182. The van der Waals surface area contributed by atoms with Gasteiger partial charge in [-0.25, -0.2) is 4.79 Å². The van der Waals surface area contributed by atoms with Crippen molar-refractivity contribution in [2.24, 2.45) is 0 Å². The molecule has 0 fully saturated rings. The number of nitrogens with zero attached hydrogens (tertiary/aromatic N) is 5. The number of hydrogen-bond donors (Lipinski definition) is 1. The van der Waals surface area contributed by atoms with Gasteiger partial charge in [-0.2, -0.15) is 4.68 Å². The number of carbonyl (C=O) groups excluding carboxylic acids is 3. The molecule has 0 aliphatic carbocycles. The van der Waals surface area contributed by atoms with E-state index < -0.39 is 24.4 Å². The molecule has 33 heavy (non-hydrogen) atoms. The molecule has 1 aromatic heterocycles. The molecule has 0 bridgehead atoms. The maximum atomic E-state index is 12.8. The molecule has 1 heterocycles. The summed E-state index contributed by atoms with van der Waals surface area (Å²) in [5, 5.41) is 14.1. The lowest BCUT2D eigenvalue weighted by Gasteiger charge is -2.17. The quantitative estimate of drug-likeness (QED) is 0.397. The average molecular weight is 469 g/mol. The summed E-state index contributed by atoms with van der Waals surface area (Å²) in [6, 6.07) is 15.8. The van der Waals surface area contributed by atoms with Gasteiger partial charge >= 0.3 is 5.97 Å². The van der Waals surface area contributed by atoms with Crippen LogP contribution in [0.15, 0.2) is 54.6 Å². The number of aryl methyl sites for hydroxylation is 1. The molecule has 0 radical (unpaired) electrons. The minimum absolute atomic E-state index is 0.0376. The Hall–Kier alpha value is -4.05. The first kappa shape index (κ1) is 23.6. The molecular weight excluding hydrogens is 448 g/mol. The van der Waals surface area contributed by atoms with Gasteiger partial charge in [-0.1, -0.05) is 54.1 Å². The number of aromatic nitrogens is 4. The molecule has 1 N–H and O–H groups in total. The summed E-state index contributed by atoms with van der Waals surface area (Å²) in [5.74, 6) is -1.44. The Morgan fingerprint density at radius 3 is 2.48 bits per heavy atom. The molecule has 11 heteroatoms. The Morgan fingerprint density at radius 2 is 1.82 bits per heavy atom. The van der Waals surface area contributed by atoms with E-state index in [9.17, 15) is 14.4 Å². The number of amides is 2. The molecule has 10 nitrogen and oxygen atoms in total. The van der Waals surface area contributed by atoms with E-state index in [1.807, 2.05) is 18.2 Å². The average Bonchev–Trinajstić information content (AvgIpc) is 3.23. The van der Waals surface area contributed by atoms with E-state index in [-0.39, 0.29) is 12.2 Å². The largest absolute Gasteiger partial charge is 0.451 e. The Labute approximate surface area is 194 Å². The van der Waals surface area contributed by atoms with Crippen LogP contribution in [-0.2, 0) is 19.1 Å². The number of anilines is 1. The monoisotopic (exact) mass is 468 g/mol. The molecular formula is C22H21ClN6O4. The SMILES string of the molecule is Cc1nnnn1C(=Cc1ccccc1)C(=O)OCC(=O)N(C)CC(=O)Nc1ccccc1Cl. The number of halogens is 1. The van der Waals surface area contributed by atoms with Crippen LogP contribution in [0, 0.1) is 6.92 Å². The Morgan fingerprint density at radius 1 is 1.12 bits per heavy atom. The number of tetrazole rings is 1. The second-order valence-corrected chi connectivity index (χ2v) is 7.34. The first-order valence-corrected chi connectivity index (χ1v) is 10.2. The second kappa shape index (κ2) is 11.0. The minimum Gasteiger partial charge on any atom is -0.451 e. The molecule has 0 aliphatic rings. The molecule has 0 spiro atoms. The third kappa shape index (κ3) is 6.47. The van der Waals surface area contributed by atoms with E-state index in [1.165, 1.54) is 11.7 Å². The highest BCUT2D eigenvalue weighted by Gasteiger charge is 2.21. The van der Waals surface area contributed by atoms with Crippen LogP contribution in [0.2, 0.25) is 5.02 Å². The van der Waals surface area contributed by atoms with Crippen molar-refractivity contribution in [3.63, 3.8) is 0 Å². The van der Waals surface area contributed by atoms with E-state index in [0.29, 0.717) is 16.5 Å². The molecule has 0 atom stereocenters. The van der Waals surface area contributed by atoms with E-state index in [0.717, 1.165) is 10.5 Å². The van der Waals surface area contributed by atoms with Gasteiger partial charge in [0.1, 0.15) is 0 Å². The van der Waals surface area contributed by atoms with Gasteiger partial charge in [0.05, 0.1) is 17.3 Å². The summed E-state index contributed by atoms with van der Waals surface area (Å²) in [5.41, 5.74) is 1.19. The molecule has 170 valence electrons. The van der Waals surface area contributed by atoms with Crippen LogP contribution in [0.1, 0.15) is 11.4 Å². The number of hydrogen-bond acceptors (Lipinski definition) is 7. The van der Waals surface area contributed by atoms with Crippen LogP contribution in [0.4, 0.5) is 5.69 Å². The molecule has 3 rings (SSSR count). The van der Waals surface area contributed by atoms with Crippen LogP contribution in [0.25, 0.3) is 11.8 Å². The number of benzene rings is 2. The zero-order valence-corrected chi connectivity index (χ0v) is 18.7. The van der Waals surface area contributed by atoms with Gasteiger partial charge in [0.25, 0.3) is 5.91 Å². The van der Waals surface area contributed by atoms with Crippen molar-refractivity contribution >= 4 is 46.8 Å². The van der Waals surface area contributed by atoms with Crippen molar-refractivity contribution in [1.82, 2.24) is 25.1 Å². The molecule has 3 aromatic rings. The molecule has 0 unspecified atom stereocenters. The Balaban J connectivity index is 1.62. The minimum atomic E-state index is -0.795. The standard InChI is InChI=1S/C22H21ClN6O4/c1-15-25-26-27-29(15)19(12-16-8-4-3-5-9-16)22(32)33-14-21(31)28(2)13-20(30)24-18-11-7-6-10-17(18)23/h3-12H,13-14H2,1-2H3,(H,24,30). The van der Waals surface area contributed by atoms with Crippen molar-refractivity contribution in [3.8, 4) is 0 Å². The molecule has 0 aliphatic heterocycles. The summed E-state index contributed by atoms with van der Waals surface area (Å²) in [4.78, 5) is 38.5. The first-order valence-electron chi connectivity index (χ1n) is 9.82. The Bertz CT molecular complexity index is 1180. The first-order chi connectivity index (χ1) is 15.8. The van der Waals surface area contributed by atoms with E-state index in [2.05, 4.69) is 20.8 Å². The highest BCUT2D eigenvalue weighted by Crippen LogP contribution is 2.20. The lowest BCUT2D eigenvalue weighted by molar-refractivity contribution is -0.147. The smallest absolute Gasteiger partial charge is 0.357 e. The topological polar surface area (TPSA) is 119 Å². The molecule has 0 saturated carbocycles. The summed E-state index contributed by atoms with van der Waals surface area (Å²) < 4.78 is 6.41. The summed E-state index contributed by atoms with van der Waals surface area (Å²) in [6.07, 6.45) is 1.55. The van der Waals surface area contributed by atoms with Crippen LogP contribution in [0.5, 0.6) is 0 Å². The van der Waals surface area contributed by atoms with E-state index >= 15 is 0 Å². The van der Waals surface area contributed by atoms with Gasteiger partial charge in [0.2, 0.25) is 5.91 Å². The third-order valence-corrected chi connectivity index (χ3v) is 4.78. The zero-order valence-electron chi connectivity index (χ0n) is 17.9. The van der Waals surface area contributed by atoms with Gasteiger partial charge < -0.3 is 15.0 Å². The summed E-state index contributed by atoms with van der Waals surface area (Å²) in [7, 11) is 1.43. The van der Waals surface area contributed by atoms with Gasteiger partial charge in [0, 0.05) is 7.05 Å². The predicted molar refractivity (Wildman–Crippen MR) is 122 cm³/mol. The van der Waals surface area contributed by atoms with Crippen molar-refractivity contribution in [2.75, 3.05) is 25.5 Å². The number of likely N-dealkylation sites (N-methyl/N-ethyl adjacent to an activating group) is 1. The van der Waals surface area contributed by atoms with Crippen LogP contribution >= 0.6 is 11.6 Å². The second-order valence-electron chi connectivity index (χ2n) is 6.93. The molecule has 0 saturated heterocycles. The fourth-order valence-corrected chi connectivity index (χ4v) is 2.92. The molecule has 2 amide bonds. The fourth-order valence-electron chi connectivity index (χ4n) is 2.74. The number of para-hydroxylation sites is 1. The van der Waals surface area contributed by atoms with Crippen LogP contribution < -0.4 is 5.32 Å². The van der Waals surface area contributed by atoms with Crippen molar-refractivity contribution in [2.45, 2.75) is 6.92 Å². The summed E-state index contributed by atoms with van der Waals surface area (Å²) >= 11 is 6.02. The Kier molecular flexibility index (Phi) is 7.87. The zero-order chi connectivity index (χ0) is 23.8. The number of rotatable bonds is 8. The number of esters is 1. The summed E-state index contributed by atoms with van der Waals surface area (Å²) in [6.45, 7) is 0.811. The maximum absolute atomic E-state index is 12.8. The predicted octanol–water partition coefficient (Wildman–Crippen LogP) is 2.27. The van der Waals surface area contributed by atoms with Gasteiger partial charge in [-0.3, -0.25) is 9.59 Å².